The van der Waals surface area contributed by atoms with Gasteiger partial charge in [0.25, 0.3) is 0 Å². The number of ether oxygens (including phenoxy) is 7. The van der Waals surface area contributed by atoms with Gasteiger partial charge in [0.05, 0.1) is 38.6 Å². The monoisotopic (exact) mass is 788 g/mol. The van der Waals surface area contributed by atoms with Gasteiger partial charge in [0.2, 0.25) is 11.8 Å². The van der Waals surface area contributed by atoms with Crippen molar-refractivity contribution >= 4 is 11.8 Å². The Morgan fingerprint density at radius 2 is 0.907 bits per heavy atom. The van der Waals surface area contributed by atoms with E-state index in [1.165, 1.54) is 6.92 Å². The van der Waals surface area contributed by atoms with Crippen LogP contribution in [0.2, 0.25) is 0 Å². The molecular weight excluding hydrogens is 732 g/mol. The Balaban J connectivity index is 1.59. The van der Waals surface area contributed by atoms with Crippen molar-refractivity contribution in [2.45, 2.75) is 157 Å². The molecule has 4 saturated heterocycles. The van der Waals surface area contributed by atoms with Crippen molar-refractivity contribution in [1.82, 2.24) is 10.6 Å². The van der Waals surface area contributed by atoms with E-state index in [4.69, 9.17) is 33.2 Å². The van der Waals surface area contributed by atoms with E-state index in [2.05, 4.69) is 10.6 Å². The van der Waals surface area contributed by atoms with Crippen molar-refractivity contribution in [1.29, 1.82) is 0 Å². The van der Waals surface area contributed by atoms with Crippen LogP contribution >= 0.6 is 0 Å². The van der Waals surface area contributed by atoms with E-state index in [1.807, 2.05) is 0 Å². The third-order valence-electron chi connectivity index (χ3n) is 9.89. The van der Waals surface area contributed by atoms with Crippen LogP contribution in [0.15, 0.2) is 0 Å². The van der Waals surface area contributed by atoms with Crippen molar-refractivity contribution in [3.8, 4) is 0 Å². The summed E-state index contributed by atoms with van der Waals surface area (Å²) in [4.78, 5) is 24.4. The first-order chi connectivity index (χ1) is 25.3. The van der Waals surface area contributed by atoms with Crippen LogP contribution in [0.3, 0.4) is 0 Å². The lowest BCUT2D eigenvalue weighted by Crippen LogP contribution is -2.70. The van der Waals surface area contributed by atoms with Crippen LogP contribution in [-0.4, -0.2) is 217 Å². The molecule has 2 amide bonds. The van der Waals surface area contributed by atoms with E-state index in [0.717, 1.165) is 6.92 Å². The summed E-state index contributed by atoms with van der Waals surface area (Å²) in [7, 11) is 0. The molecule has 314 valence electrons. The van der Waals surface area contributed by atoms with Crippen LogP contribution in [-0.2, 0) is 42.7 Å². The summed E-state index contributed by atoms with van der Waals surface area (Å²) in [5.41, 5.74) is -0.654. The van der Waals surface area contributed by atoms with E-state index >= 15 is 0 Å². The summed E-state index contributed by atoms with van der Waals surface area (Å²) < 4.78 is 40.5. The number of carbonyl (C=O) groups is 2. The quantitative estimate of drug-likeness (QED) is 0.0873. The molecule has 0 radical (unpaired) electrons. The minimum atomic E-state index is -1.98. The molecule has 4 aliphatic heterocycles. The molecule has 0 spiro atoms. The van der Waals surface area contributed by atoms with Crippen molar-refractivity contribution in [3.05, 3.63) is 0 Å². The molecule has 20 unspecified atom stereocenters. The summed E-state index contributed by atoms with van der Waals surface area (Å²) in [5.74, 6) is -1.24. The first-order valence-electron chi connectivity index (χ1n) is 17.6. The average molecular weight is 789 g/mol. The Hall–Kier alpha value is -1.78. The largest absolute Gasteiger partial charge is 0.394 e. The summed E-state index contributed by atoms with van der Waals surface area (Å²) in [5, 5.41) is 122. The second-order valence-electron chi connectivity index (χ2n) is 15.0. The summed E-state index contributed by atoms with van der Waals surface area (Å²) in [6.45, 7) is 4.45. The molecule has 20 atom stereocenters. The predicted molar refractivity (Wildman–Crippen MR) is 174 cm³/mol. The maximum atomic E-state index is 12.3. The normalized spacial score (nSPS) is 46.1. The number of hydrogen-bond donors (Lipinski definition) is 13. The Morgan fingerprint density at radius 1 is 0.500 bits per heavy atom. The molecule has 4 fully saturated rings. The lowest BCUT2D eigenvalue weighted by Gasteiger charge is -2.51. The van der Waals surface area contributed by atoms with Crippen molar-refractivity contribution in [2.75, 3.05) is 26.4 Å². The van der Waals surface area contributed by atoms with E-state index in [9.17, 15) is 65.8 Å². The van der Waals surface area contributed by atoms with E-state index in [-0.39, 0.29) is 0 Å². The Labute approximate surface area is 310 Å². The van der Waals surface area contributed by atoms with Gasteiger partial charge in [-0.2, -0.15) is 0 Å². The number of rotatable bonds is 12. The molecule has 0 saturated carbocycles. The molecule has 13 N–H and O–H groups in total. The maximum Gasteiger partial charge on any atom is 0.217 e. The Morgan fingerprint density at radius 3 is 1.39 bits per heavy atom. The molecule has 54 heavy (non-hydrogen) atoms. The van der Waals surface area contributed by atoms with E-state index in [1.54, 1.807) is 20.8 Å². The van der Waals surface area contributed by atoms with Crippen LogP contribution in [0.25, 0.3) is 0 Å². The number of aliphatic hydroxyl groups is 11. The van der Waals surface area contributed by atoms with Gasteiger partial charge in [-0.3, -0.25) is 9.59 Å². The average Bonchev–Trinajstić information content (AvgIpc) is 3.10. The number of carbonyl (C=O) groups excluding carboxylic acids is 2. The standard InChI is InChI=1S/C32H56N2O20/c1-10(39)33-16-20(43)25(14(8-37)48-28(16)32(3,4)5)53-31-24(47)27(19(42)13(7-36)50-31)54-29-17(34-11(2)40)21(44)26(15(9-38)51-29)52-30-23(46)22(45)18(41)12(6-35)49-30/h12-31,35-38,41-47H,6-9H2,1-5H3,(H,33,39)(H,34,40). The fourth-order valence-electron chi connectivity index (χ4n) is 7.12. The molecule has 4 aliphatic rings. The molecule has 0 bridgehead atoms. The third-order valence-corrected chi connectivity index (χ3v) is 9.89. The first kappa shape index (κ1) is 44.9. The molecule has 0 aromatic rings. The Bertz CT molecular complexity index is 1230. The van der Waals surface area contributed by atoms with E-state index < -0.39 is 166 Å². The number of nitrogens with one attached hydrogen (secondary N) is 2. The minimum absolute atomic E-state index is 0.505. The second-order valence-corrected chi connectivity index (χ2v) is 15.0. The van der Waals surface area contributed by atoms with Gasteiger partial charge >= 0.3 is 0 Å². The third kappa shape index (κ3) is 9.66. The van der Waals surface area contributed by atoms with Gasteiger partial charge in [0, 0.05) is 13.8 Å². The number of hydrogen-bond acceptors (Lipinski definition) is 20. The fraction of sp³-hybridized carbons (Fsp3) is 0.938. The smallest absolute Gasteiger partial charge is 0.217 e. The fourth-order valence-corrected chi connectivity index (χ4v) is 7.12. The summed E-state index contributed by atoms with van der Waals surface area (Å²) in [6.07, 6.45) is -29.6. The zero-order valence-corrected chi connectivity index (χ0v) is 30.5. The molecule has 0 aromatic heterocycles. The van der Waals surface area contributed by atoms with Crippen LogP contribution < -0.4 is 10.6 Å². The topological polar surface area (TPSA) is 345 Å². The minimum Gasteiger partial charge on any atom is -0.394 e. The van der Waals surface area contributed by atoms with Crippen molar-refractivity contribution in [3.63, 3.8) is 0 Å². The van der Waals surface area contributed by atoms with Crippen LogP contribution in [0, 0.1) is 5.41 Å². The lowest BCUT2D eigenvalue weighted by atomic mass is 9.78. The summed E-state index contributed by atoms with van der Waals surface area (Å²) >= 11 is 0. The lowest BCUT2D eigenvalue weighted by molar-refractivity contribution is -0.375. The number of aliphatic hydroxyl groups excluding tert-OH is 11. The molecule has 22 nitrogen and oxygen atoms in total. The SMILES string of the molecule is CC(=O)NC1C(OC2C(O)C(CO)OC(OC3C(CO)OC(C(C)(C)C)C(NC(C)=O)C3O)C2O)OC(CO)C(OC2OC(CO)C(O)C(O)C2O)C1O. The first-order valence-corrected chi connectivity index (χ1v) is 17.6. The van der Waals surface area contributed by atoms with Crippen LogP contribution in [0.1, 0.15) is 34.6 Å². The van der Waals surface area contributed by atoms with Crippen molar-refractivity contribution < 1.29 is 98.9 Å². The van der Waals surface area contributed by atoms with Gasteiger partial charge < -0.3 is 100.0 Å². The van der Waals surface area contributed by atoms with E-state index in [0.29, 0.717) is 0 Å². The van der Waals surface area contributed by atoms with Crippen LogP contribution in [0.4, 0.5) is 0 Å². The van der Waals surface area contributed by atoms with Gasteiger partial charge in [-0.05, 0) is 5.41 Å². The molecule has 0 aromatic carbocycles. The Kier molecular flexibility index (Phi) is 15.5. The van der Waals surface area contributed by atoms with Crippen molar-refractivity contribution in [2.24, 2.45) is 5.41 Å². The van der Waals surface area contributed by atoms with Crippen LogP contribution in [0.5, 0.6) is 0 Å². The highest BCUT2D eigenvalue weighted by Crippen LogP contribution is 2.37. The molecule has 22 heteroatoms. The van der Waals surface area contributed by atoms with Gasteiger partial charge in [-0.1, -0.05) is 20.8 Å². The molecular formula is C32H56N2O20. The molecule has 4 heterocycles. The summed E-state index contributed by atoms with van der Waals surface area (Å²) in [6, 6.07) is -2.67. The highest BCUT2D eigenvalue weighted by Gasteiger charge is 2.56. The maximum absolute atomic E-state index is 12.3. The number of amides is 2. The highest BCUT2D eigenvalue weighted by molar-refractivity contribution is 5.73. The predicted octanol–water partition coefficient (Wildman–Crippen LogP) is -7.36. The van der Waals surface area contributed by atoms with Gasteiger partial charge in [-0.25, -0.2) is 0 Å². The highest BCUT2D eigenvalue weighted by atomic mass is 16.8. The molecule has 4 rings (SSSR count). The zero-order valence-electron chi connectivity index (χ0n) is 30.5. The van der Waals surface area contributed by atoms with Gasteiger partial charge in [0.15, 0.2) is 18.9 Å². The van der Waals surface area contributed by atoms with Gasteiger partial charge in [-0.15, -0.1) is 0 Å². The molecule has 0 aliphatic carbocycles. The second kappa shape index (κ2) is 18.7. The van der Waals surface area contributed by atoms with Gasteiger partial charge in [0.1, 0.15) is 91.5 Å². The zero-order chi connectivity index (χ0) is 40.4.